The molecule has 0 aromatic heterocycles. The summed E-state index contributed by atoms with van der Waals surface area (Å²) in [6.45, 7) is 5.63. The molecule has 0 spiro atoms. The number of benzene rings is 3. The molecule has 200 valence electrons. The largest absolute Gasteiger partial charge is 0.493 e. The third-order valence-electron chi connectivity index (χ3n) is 6.65. The first-order chi connectivity index (χ1) is 18.4. The highest BCUT2D eigenvalue weighted by Crippen LogP contribution is 2.40. The van der Waals surface area contributed by atoms with Gasteiger partial charge in [0, 0.05) is 29.6 Å². The maximum absolute atomic E-state index is 13.3. The van der Waals surface area contributed by atoms with Gasteiger partial charge in [-0.2, -0.15) is 0 Å². The summed E-state index contributed by atoms with van der Waals surface area (Å²) in [5, 5.41) is 5.32. The third kappa shape index (κ3) is 5.86. The molecule has 0 aliphatic carbocycles. The number of amides is 1. The molecule has 38 heavy (non-hydrogen) atoms. The van der Waals surface area contributed by atoms with Gasteiger partial charge in [-0.25, -0.2) is 0 Å². The van der Waals surface area contributed by atoms with E-state index in [0.717, 1.165) is 29.8 Å². The van der Waals surface area contributed by atoms with Crippen molar-refractivity contribution in [2.45, 2.75) is 32.1 Å². The highest BCUT2D eigenvalue weighted by Gasteiger charge is 2.23. The number of nitrogens with one attached hydrogen (secondary N) is 1. The van der Waals surface area contributed by atoms with Crippen LogP contribution in [0.1, 0.15) is 46.1 Å². The molecule has 7 nitrogen and oxygen atoms in total. The van der Waals surface area contributed by atoms with Gasteiger partial charge in [-0.3, -0.25) is 4.79 Å². The molecule has 3 N–H and O–H groups in total. The predicted octanol–water partition coefficient (Wildman–Crippen LogP) is 6.44. The van der Waals surface area contributed by atoms with Crippen LogP contribution in [0.15, 0.2) is 60.0 Å². The molecule has 8 heteroatoms. The van der Waals surface area contributed by atoms with Crippen LogP contribution in [0.4, 0.5) is 17.1 Å². The van der Waals surface area contributed by atoms with Crippen LogP contribution in [-0.4, -0.2) is 33.8 Å². The number of anilines is 3. The first-order valence-electron chi connectivity index (χ1n) is 12.5. The fourth-order valence-corrected chi connectivity index (χ4v) is 5.30. The van der Waals surface area contributed by atoms with Gasteiger partial charge in [-0.1, -0.05) is 18.2 Å². The summed E-state index contributed by atoms with van der Waals surface area (Å²) in [4.78, 5) is 15.5. The number of thioether (sulfide) groups is 1. The Kier molecular flexibility index (Phi) is 8.73. The number of nitrogens with zero attached hydrogens (tertiary/aromatic N) is 1. The zero-order valence-corrected chi connectivity index (χ0v) is 23.4. The van der Waals surface area contributed by atoms with Crippen LogP contribution in [-0.2, 0) is 13.0 Å². The minimum absolute atomic E-state index is 0.190. The van der Waals surface area contributed by atoms with Crippen LogP contribution >= 0.6 is 11.8 Å². The molecule has 4 rings (SSSR count). The lowest BCUT2D eigenvalue weighted by molar-refractivity contribution is 0.102. The standard InChI is InChI=1S/C30H35N3O4S/c1-6-13-38-19(2)22-9-10-24(31)25(16-22)32-30(34)23-8-7-21-11-12-33(26(21)17-23)18-20-14-27(35-3)29(37-5)28(15-20)36-4/h6-10,13-17,19H,11-12,18,31H2,1-5H3,(H,32,34)/b13-6-. The van der Waals surface area contributed by atoms with Crippen molar-refractivity contribution in [3.05, 3.63) is 82.3 Å². The van der Waals surface area contributed by atoms with Crippen LogP contribution in [0.25, 0.3) is 0 Å². The normalized spacial score (nSPS) is 13.3. The summed E-state index contributed by atoms with van der Waals surface area (Å²) in [5.74, 6) is 1.61. The first kappa shape index (κ1) is 27.3. The molecule has 0 fully saturated rings. The number of allylic oxidation sites excluding steroid dienone is 1. The van der Waals surface area contributed by atoms with Crippen LogP contribution in [0.2, 0.25) is 0 Å². The minimum atomic E-state index is -0.190. The molecule has 0 saturated carbocycles. The smallest absolute Gasteiger partial charge is 0.255 e. The van der Waals surface area contributed by atoms with Crippen molar-refractivity contribution in [3.63, 3.8) is 0 Å². The van der Waals surface area contributed by atoms with Gasteiger partial charge < -0.3 is 30.2 Å². The summed E-state index contributed by atoms with van der Waals surface area (Å²) in [6, 6.07) is 15.6. The average molecular weight is 534 g/mol. The zero-order chi connectivity index (χ0) is 27.2. The zero-order valence-electron chi connectivity index (χ0n) is 22.5. The number of carbonyl (C=O) groups excluding carboxylic acids is 1. The number of nitrogen functional groups attached to an aromatic ring is 1. The lowest BCUT2D eigenvalue weighted by Crippen LogP contribution is -2.20. The van der Waals surface area contributed by atoms with E-state index >= 15 is 0 Å². The van der Waals surface area contributed by atoms with Gasteiger partial charge in [0.25, 0.3) is 5.91 Å². The molecule has 0 radical (unpaired) electrons. The summed E-state index contributed by atoms with van der Waals surface area (Å²) >= 11 is 1.72. The summed E-state index contributed by atoms with van der Waals surface area (Å²) < 4.78 is 16.5. The number of nitrogens with two attached hydrogens (primary N) is 1. The molecule has 3 aromatic carbocycles. The Hall–Kier alpha value is -3.78. The fourth-order valence-electron chi connectivity index (χ4n) is 4.60. The Morgan fingerprint density at radius 2 is 1.82 bits per heavy atom. The number of carbonyl (C=O) groups is 1. The third-order valence-corrected chi connectivity index (χ3v) is 7.76. The second-order valence-corrected chi connectivity index (χ2v) is 10.3. The molecule has 1 aliphatic heterocycles. The van der Waals surface area contributed by atoms with Crippen molar-refractivity contribution in [1.82, 2.24) is 0 Å². The summed E-state index contributed by atoms with van der Waals surface area (Å²) in [6.07, 6.45) is 2.93. The number of hydrogen-bond donors (Lipinski definition) is 2. The van der Waals surface area contributed by atoms with E-state index in [1.54, 1.807) is 33.1 Å². The average Bonchev–Trinajstić information content (AvgIpc) is 3.33. The van der Waals surface area contributed by atoms with Crippen molar-refractivity contribution in [2.75, 3.05) is 43.8 Å². The molecule has 3 aromatic rings. The molecular formula is C30H35N3O4S. The quantitative estimate of drug-likeness (QED) is 0.290. The van der Waals surface area contributed by atoms with E-state index in [4.69, 9.17) is 19.9 Å². The van der Waals surface area contributed by atoms with Gasteiger partial charge in [0.15, 0.2) is 11.5 Å². The Morgan fingerprint density at radius 1 is 1.08 bits per heavy atom. The maximum atomic E-state index is 13.3. The van der Waals surface area contributed by atoms with E-state index < -0.39 is 0 Å². The van der Waals surface area contributed by atoms with Crippen LogP contribution in [0.5, 0.6) is 17.2 Å². The van der Waals surface area contributed by atoms with E-state index in [-0.39, 0.29) is 11.2 Å². The Labute approximate surface area is 229 Å². The Balaban J connectivity index is 1.54. The van der Waals surface area contributed by atoms with Crippen LogP contribution in [0.3, 0.4) is 0 Å². The van der Waals surface area contributed by atoms with Crippen molar-refractivity contribution in [1.29, 1.82) is 0 Å². The molecule has 0 saturated heterocycles. The van der Waals surface area contributed by atoms with Gasteiger partial charge in [-0.05, 0) is 78.8 Å². The highest BCUT2D eigenvalue weighted by atomic mass is 32.2. The topological polar surface area (TPSA) is 86.1 Å². The van der Waals surface area contributed by atoms with Gasteiger partial charge in [0.05, 0.1) is 32.7 Å². The van der Waals surface area contributed by atoms with Crippen molar-refractivity contribution in [2.24, 2.45) is 0 Å². The van der Waals surface area contributed by atoms with E-state index in [0.29, 0.717) is 40.7 Å². The van der Waals surface area contributed by atoms with Crippen LogP contribution < -0.4 is 30.2 Å². The van der Waals surface area contributed by atoms with E-state index in [9.17, 15) is 4.79 Å². The molecular weight excluding hydrogens is 498 g/mol. The summed E-state index contributed by atoms with van der Waals surface area (Å²) in [5.41, 5.74) is 12.3. The maximum Gasteiger partial charge on any atom is 0.255 e. The number of methoxy groups -OCH3 is 3. The number of rotatable bonds is 10. The SMILES string of the molecule is C/C=C\SC(C)c1ccc(N)c(NC(=O)c2ccc3c(c2)N(Cc2cc(OC)c(OC)c(OC)c2)CC3)c1. The van der Waals surface area contributed by atoms with Gasteiger partial charge in [0.2, 0.25) is 5.75 Å². The molecule has 1 aliphatic rings. The monoisotopic (exact) mass is 533 g/mol. The van der Waals surface area contributed by atoms with Crippen molar-refractivity contribution >= 4 is 34.7 Å². The fraction of sp³-hybridized carbons (Fsp3) is 0.300. The van der Waals surface area contributed by atoms with E-state index in [1.165, 1.54) is 5.56 Å². The highest BCUT2D eigenvalue weighted by molar-refractivity contribution is 8.02. The lowest BCUT2D eigenvalue weighted by atomic mass is 10.1. The predicted molar refractivity (Wildman–Crippen MR) is 157 cm³/mol. The van der Waals surface area contributed by atoms with Crippen molar-refractivity contribution in [3.8, 4) is 17.2 Å². The molecule has 1 unspecified atom stereocenters. The number of ether oxygens (including phenoxy) is 3. The van der Waals surface area contributed by atoms with E-state index in [1.807, 2.05) is 61.5 Å². The number of fused-ring (bicyclic) bond motifs is 1. The first-order valence-corrected chi connectivity index (χ1v) is 13.5. The Bertz CT molecular complexity index is 1320. The number of hydrogen-bond acceptors (Lipinski definition) is 7. The second kappa shape index (κ2) is 12.2. The molecule has 1 atom stereocenters. The minimum Gasteiger partial charge on any atom is -0.493 e. The van der Waals surface area contributed by atoms with Crippen molar-refractivity contribution < 1.29 is 19.0 Å². The molecule has 1 heterocycles. The molecule has 1 amide bonds. The van der Waals surface area contributed by atoms with Gasteiger partial charge in [0.1, 0.15) is 0 Å². The molecule has 0 bridgehead atoms. The van der Waals surface area contributed by atoms with Crippen LogP contribution in [0, 0.1) is 0 Å². The second-order valence-electron chi connectivity index (χ2n) is 9.10. The van der Waals surface area contributed by atoms with E-state index in [2.05, 4.69) is 22.5 Å². The Morgan fingerprint density at radius 3 is 2.47 bits per heavy atom. The summed E-state index contributed by atoms with van der Waals surface area (Å²) in [7, 11) is 4.82. The van der Waals surface area contributed by atoms with Gasteiger partial charge in [-0.15, -0.1) is 11.8 Å². The van der Waals surface area contributed by atoms with Gasteiger partial charge >= 0.3 is 0 Å². The lowest BCUT2D eigenvalue weighted by Gasteiger charge is -2.22.